The van der Waals surface area contributed by atoms with Crippen LogP contribution in [0.3, 0.4) is 0 Å². The zero-order valence-electron chi connectivity index (χ0n) is 7.81. The summed E-state index contributed by atoms with van der Waals surface area (Å²) in [5.74, 6) is 0. The number of aryl methyl sites for hydroxylation is 1. The summed E-state index contributed by atoms with van der Waals surface area (Å²) in [6, 6.07) is 6.11. The average molecular weight is 205 g/mol. The Morgan fingerprint density at radius 3 is 3.14 bits per heavy atom. The molecule has 71 valence electrons. The van der Waals surface area contributed by atoms with Crippen molar-refractivity contribution in [2.75, 3.05) is 0 Å². The summed E-state index contributed by atoms with van der Waals surface area (Å²) in [4.78, 5) is 3.43. The highest BCUT2D eigenvalue weighted by Crippen LogP contribution is 2.31. The van der Waals surface area contributed by atoms with Gasteiger partial charge in [-0.3, -0.25) is 0 Å². The molecule has 1 aromatic heterocycles. The predicted molar refractivity (Wildman–Crippen MR) is 59.6 cm³/mol. The Bertz CT molecular complexity index is 484. The van der Waals surface area contributed by atoms with Crippen LogP contribution in [0.2, 0.25) is 5.02 Å². The Balaban J connectivity index is 2.36. The monoisotopic (exact) mass is 204 g/mol. The first-order valence-electron chi connectivity index (χ1n) is 4.96. The molecule has 2 heteroatoms. The minimum Gasteiger partial charge on any atom is -0.357 e. The summed E-state index contributed by atoms with van der Waals surface area (Å²) in [5.41, 5.74) is 3.92. The lowest BCUT2D eigenvalue weighted by Crippen LogP contribution is -2.00. The van der Waals surface area contributed by atoms with Gasteiger partial charge in [-0.25, -0.2) is 0 Å². The quantitative estimate of drug-likeness (QED) is 0.676. The normalized spacial score (nSPS) is 15.8. The van der Waals surface area contributed by atoms with Crippen LogP contribution in [0.15, 0.2) is 18.2 Å². The van der Waals surface area contributed by atoms with E-state index in [2.05, 4.69) is 17.5 Å². The molecule has 1 aliphatic rings. The summed E-state index contributed by atoms with van der Waals surface area (Å²) in [5, 5.41) is 2.13. The molecule has 0 spiro atoms. The molecule has 0 fully saturated rings. The van der Waals surface area contributed by atoms with Gasteiger partial charge in [-0.15, -0.1) is 0 Å². The van der Waals surface area contributed by atoms with Crippen molar-refractivity contribution in [1.29, 1.82) is 0 Å². The standard InChI is InChI=1S/C12H11ClN/c13-10-6-3-5-9-8-4-1-2-7-11(8)14-12(9)10/h1,3,5-6,14H,2,4,7H2. The molecule has 1 nitrogen and oxygen atoms in total. The maximum absolute atomic E-state index is 6.14. The molecule has 1 radical (unpaired) electrons. The van der Waals surface area contributed by atoms with Gasteiger partial charge in [0.25, 0.3) is 0 Å². The van der Waals surface area contributed by atoms with E-state index in [-0.39, 0.29) is 0 Å². The van der Waals surface area contributed by atoms with Gasteiger partial charge in [-0.2, -0.15) is 0 Å². The van der Waals surface area contributed by atoms with E-state index in [1.807, 2.05) is 12.1 Å². The maximum Gasteiger partial charge on any atom is 0.0648 e. The number of benzene rings is 1. The van der Waals surface area contributed by atoms with Gasteiger partial charge in [-0.1, -0.05) is 23.7 Å². The van der Waals surface area contributed by atoms with E-state index in [1.165, 1.54) is 23.1 Å². The molecule has 0 unspecified atom stereocenters. The number of aromatic amines is 1. The fourth-order valence-corrected chi connectivity index (χ4v) is 2.45. The molecule has 1 heterocycles. The Hall–Kier alpha value is -0.950. The molecule has 0 atom stereocenters. The van der Waals surface area contributed by atoms with Gasteiger partial charge in [0.1, 0.15) is 0 Å². The fraction of sp³-hybridized carbons (Fsp3) is 0.250. The Labute approximate surface area is 88.1 Å². The maximum atomic E-state index is 6.14. The Kier molecular flexibility index (Phi) is 1.81. The highest BCUT2D eigenvalue weighted by atomic mass is 35.5. The van der Waals surface area contributed by atoms with Crippen LogP contribution in [0.25, 0.3) is 10.9 Å². The van der Waals surface area contributed by atoms with Gasteiger partial charge in [0.15, 0.2) is 0 Å². The summed E-state index contributed by atoms with van der Waals surface area (Å²) in [7, 11) is 0. The van der Waals surface area contributed by atoms with E-state index >= 15 is 0 Å². The smallest absolute Gasteiger partial charge is 0.0648 e. The van der Waals surface area contributed by atoms with Gasteiger partial charge in [0, 0.05) is 11.1 Å². The van der Waals surface area contributed by atoms with Crippen LogP contribution < -0.4 is 0 Å². The van der Waals surface area contributed by atoms with Gasteiger partial charge in [-0.05, 0) is 37.3 Å². The van der Waals surface area contributed by atoms with E-state index in [1.54, 1.807) is 0 Å². The van der Waals surface area contributed by atoms with E-state index in [0.29, 0.717) is 0 Å². The third kappa shape index (κ3) is 1.09. The van der Waals surface area contributed by atoms with Crippen LogP contribution in [0, 0.1) is 6.42 Å². The van der Waals surface area contributed by atoms with Crippen LogP contribution in [-0.4, -0.2) is 4.98 Å². The zero-order chi connectivity index (χ0) is 9.54. The Morgan fingerprint density at radius 1 is 1.29 bits per heavy atom. The lowest BCUT2D eigenvalue weighted by atomic mass is 9.96. The van der Waals surface area contributed by atoms with Crippen LogP contribution in [0.5, 0.6) is 0 Å². The first-order chi connectivity index (χ1) is 6.86. The molecule has 0 saturated carbocycles. The van der Waals surface area contributed by atoms with Crippen LogP contribution >= 0.6 is 11.6 Å². The molecule has 1 aromatic carbocycles. The van der Waals surface area contributed by atoms with E-state index in [4.69, 9.17) is 11.6 Å². The molecule has 2 aromatic rings. The van der Waals surface area contributed by atoms with Gasteiger partial charge in [0.2, 0.25) is 0 Å². The molecule has 0 amide bonds. The summed E-state index contributed by atoms with van der Waals surface area (Å²) >= 11 is 6.14. The first-order valence-corrected chi connectivity index (χ1v) is 5.33. The fourth-order valence-electron chi connectivity index (χ4n) is 2.23. The number of rotatable bonds is 0. The number of aromatic nitrogens is 1. The summed E-state index contributed by atoms with van der Waals surface area (Å²) in [6.07, 6.45) is 5.73. The number of para-hydroxylation sites is 1. The second-order valence-electron chi connectivity index (χ2n) is 3.78. The topological polar surface area (TPSA) is 15.8 Å². The SMILES string of the molecule is Clc1cccc2c3c([nH]c12)CC[CH]C3. The molecule has 14 heavy (non-hydrogen) atoms. The molecular formula is C12H11ClN. The lowest BCUT2D eigenvalue weighted by molar-refractivity contribution is 0.816. The average Bonchev–Trinajstić information content (AvgIpc) is 2.59. The number of nitrogens with one attached hydrogen (secondary N) is 1. The third-order valence-corrected chi connectivity index (χ3v) is 3.24. The largest absolute Gasteiger partial charge is 0.357 e. The van der Waals surface area contributed by atoms with Crippen molar-refractivity contribution < 1.29 is 0 Å². The van der Waals surface area contributed by atoms with E-state index < -0.39 is 0 Å². The molecular weight excluding hydrogens is 194 g/mol. The van der Waals surface area contributed by atoms with Crippen LogP contribution in [-0.2, 0) is 12.8 Å². The second-order valence-corrected chi connectivity index (χ2v) is 4.18. The van der Waals surface area contributed by atoms with E-state index in [0.717, 1.165) is 23.4 Å². The van der Waals surface area contributed by atoms with Crippen molar-refractivity contribution in [3.8, 4) is 0 Å². The third-order valence-electron chi connectivity index (χ3n) is 2.93. The molecule has 0 bridgehead atoms. The van der Waals surface area contributed by atoms with Crippen molar-refractivity contribution >= 4 is 22.5 Å². The number of fused-ring (bicyclic) bond motifs is 3. The Morgan fingerprint density at radius 2 is 2.21 bits per heavy atom. The van der Waals surface area contributed by atoms with Crippen molar-refractivity contribution in [1.82, 2.24) is 4.98 Å². The van der Waals surface area contributed by atoms with Crippen LogP contribution in [0.1, 0.15) is 17.7 Å². The van der Waals surface area contributed by atoms with Gasteiger partial charge >= 0.3 is 0 Å². The molecule has 0 aliphatic heterocycles. The summed E-state index contributed by atoms with van der Waals surface area (Å²) < 4.78 is 0. The van der Waals surface area contributed by atoms with E-state index in [9.17, 15) is 0 Å². The minimum absolute atomic E-state index is 0.830. The van der Waals surface area contributed by atoms with Crippen molar-refractivity contribution in [2.24, 2.45) is 0 Å². The molecule has 0 saturated heterocycles. The second kappa shape index (κ2) is 3.03. The van der Waals surface area contributed by atoms with Crippen molar-refractivity contribution in [2.45, 2.75) is 19.3 Å². The minimum atomic E-state index is 0.830. The highest BCUT2D eigenvalue weighted by molar-refractivity contribution is 6.35. The van der Waals surface area contributed by atoms with Crippen molar-refractivity contribution in [3.05, 3.63) is 40.9 Å². The molecule has 1 N–H and O–H groups in total. The highest BCUT2D eigenvalue weighted by Gasteiger charge is 2.15. The number of hydrogen-bond donors (Lipinski definition) is 1. The summed E-state index contributed by atoms with van der Waals surface area (Å²) in [6.45, 7) is 0. The van der Waals surface area contributed by atoms with Crippen molar-refractivity contribution in [3.63, 3.8) is 0 Å². The first kappa shape index (κ1) is 8.37. The van der Waals surface area contributed by atoms with Gasteiger partial charge in [0.05, 0.1) is 10.5 Å². The molecule has 3 rings (SSSR count). The number of H-pyrrole nitrogens is 1. The predicted octanol–water partition coefficient (Wildman–Crippen LogP) is 3.51. The zero-order valence-corrected chi connectivity index (χ0v) is 8.56. The molecule has 1 aliphatic carbocycles. The number of hydrogen-bond acceptors (Lipinski definition) is 0. The van der Waals surface area contributed by atoms with Gasteiger partial charge < -0.3 is 4.98 Å². The number of halogens is 1. The van der Waals surface area contributed by atoms with Crippen LogP contribution in [0.4, 0.5) is 0 Å². The lowest BCUT2D eigenvalue weighted by Gasteiger charge is -2.09.